The van der Waals surface area contributed by atoms with Crippen LogP contribution in [-0.4, -0.2) is 28.1 Å². The Kier molecular flexibility index (Phi) is 4.72. The normalized spacial score (nSPS) is 24.2. The lowest BCUT2D eigenvalue weighted by atomic mass is 9.88. The van der Waals surface area contributed by atoms with Crippen molar-refractivity contribution < 1.29 is 9.90 Å². The minimum Gasteiger partial charge on any atom is -0.480 e. The van der Waals surface area contributed by atoms with Crippen LogP contribution in [0.4, 0.5) is 0 Å². The molecule has 1 fully saturated rings. The monoisotopic (exact) mass is 289 g/mol. The number of carboxylic acid groups (broad SMARTS) is 1. The van der Waals surface area contributed by atoms with E-state index in [4.69, 9.17) is 0 Å². The molecule has 1 aromatic carbocycles. The van der Waals surface area contributed by atoms with Crippen molar-refractivity contribution in [2.24, 2.45) is 0 Å². The second-order valence-corrected chi connectivity index (χ2v) is 6.42. The van der Waals surface area contributed by atoms with Crippen LogP contribution in [0, 0.1) is 13.8 Å². The Labute approximate surface area is 128 Å². The Balaban J connectivity index is 2.36. The van der Waals surface area contributed by atoms with Crippen molar-refractivity contribution in [3.05, 3.63) is 34.9 Å². The molecule has 0 amide bonds. The van der Waals surface area contributed by atoms with E-state index < -0.39 is 11.5 Å². The summed E-state index contributed by atoms with van der Waals surface area (Å²) in [4.78, 5) is 14.2. The van der Waals surface area contributed by atoms with Gasteiger partial charge >= 0.3 is 5.97 Å². The molecule has 2 rings (SSSR count). The molecule has 0 aromatic heterocycles. The van der Waals surface area contributed by atoms with E-state index in [1.807, 2.05) is 0 Å². The Bertz CT molecular complexity index is 526. The summed E-state index contributed by atoms with van der Waals surface area (Å²) in [5.41, 5.74) is 3.09. The maximum Gasteiger partial charge on any atom is 0.324 e. The predicted molar refractivity (Wildman–Crippen MR) is 85.5 cm³/mol. The molecule has 0 aliphatic carbocycles. The largest absolute Gasteiger partial charge is 0.480 e. The van der Waals surface area contributed by atoms with Crippen molar-refractivity contribution in [3.63, 3.8) is 0 Å². The molecule has 3 heteroatoms. The smallest absolute Gasteiger partial charge is 0.324 e. The maximum absolute atomic E-state index is 12.0. The van der Waals surface area contributed by atoms with Crippen molar-refractivity contribution in [2.45, 2.75) is 65.0 Å². The number of nitrogens with zero attached hydrogens (tertiary/aromatic N) is 1. The van der Waals surface area contributed by atoms with E-state index in [1.165, 1.54) is 16.7 Å². The molecule has 0 bridgehead atoms. The molecule has 0 saturated carbocycles. The van der Waals surface area contributed by atoms with E-state index in [-0.39, 0.29) is 6.04 Å². The molecule has 2 atom stereocenters. The minimum atomic E-state index is -0.675. The Morgan fingerprint density at radius 1 is 1.43 bits per heavy atom. The lowest BCUT2D eigenvalue weighted by Crippen LogP contribution is -2.51. The topological polar surface area (TPSA) is 40.5 Å². The summed E-state index contributed by atoms with van der Waals surface area (Å²) < 4.78 is 0. The van der Waals surface area contributed by atoms with E-state index in [0.29, 0.717) is 0 Å². The van der Waals surface area contributed by atoms with Crippen molar-refractivity contribution in [1.29, 1.82) is 0 Å². The first-order valence-electron chi connectivity index (χ1n) is 7.99. The number of carboxylic acids is 1. The van der Waals surface area contributed by atoms with Gasteiger partial charge in [-0.2, -0.15) is 0 Å². The van der Waals surface area contributed by atoms with Gasteiger partial charge in [0.1, 0.15) is 5.54 Å². The Morgan fingerprint density at radius 2 is 2.14 bits per heavy atom. The van der Waals surface area contributed by atoms with Crippen LogP contribution in [0.15, 0.2) is 18.2 Å². The zero-order chi connectivity index (χ0) is 15.6. The van der Waals surface area contributed by atoms with Gasteiger partial charge in [-0.1, -0.05) is 37.1 Å². The lowest BCUT2D eigenvalue weighted by Gasteiger charge is -2.39. The number of rotatable bonds is 5. The first kappa shape index (κ1) is 16.0. The van der Waals surface area contributed by atoms with Crippen LogP contribution in [0.3, 0.4) is 0 Å². The van der Waals surface area contributed by atoms with Crippen LogP contribution >= 0.6 is 0 Å². The summed E-state index contributed by atoms with van der Waals surface area (Å²) in [7, 11) is 0. The molecule has 1 N–H and O–H groups in total. The van der Waals surface area contributed by atoms with Crippen molar-refractivity contribution >= 4 is 5.97 Å². The Hall–Kier alpha value is -1.35. The van der Waals surface area contributed by atoms with Gasteiger partial charge in [-0.25, -0.2) is 0 Å². The maximum atomic E-state index is 12.0. The van der Waals surface area contributed by atoms with Gasteiger partial charge in [0.15, 0.2) is 0 Å². The summed E-state index contributed by atoms with van der Waals surface area (Å²) in [5.74, 6) is -0.654. The van der Waals surface area contributed by atoms with Crippen LogP contribution in [-0.2, 0) is 4.79 Å². The highest BCUT2D eigenvalue weighted by Crippen LogP contribution is 2.40. The summed E-state index contributed by atoms with van der Waals surface area (Å²) in [6.07, 6.45) is 3.38. The fraction of sp³-hybridized carbons (Fsp3) is 0.611. The molecule has 116 valence electrons. The van der Waals surface area contributed by atoms with Gasteiger partial charge in [-0.05, 0) is 57.7 Å². The van der Waals surface area contributed by atoms with Gasteiger partial charge in [-0.15, -0.1) is 0 Å². The van der Waals surface area contributed by atoms with Crippen molar-refractivity contribution in [2.75, 3.05) is 6.54 Å². The highest BCUT2D eigenvalue weighted by atomic mass is 16.4. The van der Waals surface area contributed by atoms with Gasteiger partial charge in [0.2, 0.25) is 0 Å². The molecule has 1 aliphatic heterocycles. The number of carbonyl (C=O) groups is 1. The number of aliphatic carboxylic acids is 1. The summed E-state index contributed by atoms with van der Waals surface area (Å²) >= 11 is 0. The standard InChI is InChI=1S/C18H27NO2/c1-5-9-18(17(20)21)10-6-11-19(18)15(4)16-8-7-13(2)12-14(16)3/h7-8,12,15H,5-6,9-11H2,1-4H3,(H,20,21). The fourth-order valence-corrected chi connectivity index (χ4v) is 3.94. The molecule has 0 radical (unpaired) electrons. The number of likely N-dealkylation sites (tertiary alicyclic amines) is 1. The first-order chi connectivity index (χ1) is 9.92. The van der Waals surface area contributed by atoms with Gasteiger partial charge in [0.25, 0.3) is 0 Å². The summed E-state index contributed by atoms with van der Waals surface area (Å²) in [6, 6.07) is 6.61. The Morgan fingerprint density at radius 3 is 2.71 bits per heavy atom. The molecular formula is C18H27NO2. The minimum absolute atomic E-state index is 0.149. The third kappa shape index (κ3) is 2.84. The average molecular weight is 289 g/mol. The molecule has 1 saturated heterocycles. The van der Waals surface area contributed by atoms with Crippen LogP contribution in [0.5, 0.6) is 0 Å². The van der Waals surface area contributed by atoms with Crippen LogP contribution in [0.2, 0.25) is 0 Å². The summed E-state index contributed by atoms with van der Waals surface area (Å²) in [6.45, 7) is 9.31. The molecular weight excluding hydrogens is 262 g/mol. The van der Waals surface area contributed by atoms with E-state index in [0.717, 1.165) is 32.2 Å². The van der Waals surface area contributed by atoms with Gasteiger partial charge in [-0.3, -0.25) is 9.69 Å². The molecule has 1 heterocycles. The average Bonchev–Trinajstić information content (AvgIpc) is 2.83. The second kappa shape index (κ2) is 6.18. The van der Waals surface area contributed by atoms with E-state index >= 15 is 0 Å². The number of benzene rings is 1. The lowest BCUT2D eigenvalue weighted by molar-refractivity contribution is -0.151. The SMILES string of the molecule is CCCC1(C(=O)O)CCCN1C(C)c1ccc(C)cc1C. The molecule has 2 unspecified atom stereocenters. The third-order valence-electron chi connectivity index (χ3n) is 4.94. The van der Waals surface area contributed by atoms with E-state index in [2.05, 4.69) is 50.8 Å². The molecule has 0 spiro atoms. The van der Waals surface area contributed by atoms with Gasteiger partial charge < -0.3 is 5.11 Å². The van der Waals surface area contributed by atoms with Crippen molar-refractivity contribution in [1.82, 2.24) is 4.90 Å². The predicted octanol–water partition coefficient (Wildman–Crippen LogP) is 4.08. The van der Waals surface area contributed by atoms with E-state index in [1.54, 1.807) is 0 Å². The molecule has 1 aliphatic rings. The molecule has 3 nitrogen and oxygen atoms in total. The zero-order valence-corrected chi connectivity index (χ0v) is 13.6. The quantitative estimate of drug-likeness (QED) is 0.887. The van der Waals surface area contributed by atoms with Crippen LogP contribution in [0.25, 0.3) is 0 Å². The highest BCUT2D eigenvalue weighted by molar-refractivity contribution is 5.79. The van der Waals surface area contributed by atoms with Crippen LogP contribution in [0.1, 0.15) is 62.3 Å². The van der Waals surface area contributed by atoms with Crippen LogP contribution < -0.4 is 0 Å². The van der Waals surface area contributed by atoms with Gasteiger partial charge in [0.05, 0.1) is 0 Å². The fourth-order valence-electron chi connectivity index (χ4n) is 3.94. The summed E-state index contributed by atoms with van der Waals surface area (Å²) in [5, 5.41) is 9.83. The third-order valence-corrected chi connectivity index (χ3v) is 4.94. The number of hydrogen-bond acceptors (Lipinski definition) is 2. The second-order valence-electron chi connectivity index (χ2n) is 6.42. The highest BCUT2D eigenvalue weighted by Gasteiger charge is 2.48. The molecule has 1 aromatic rings. The zero-order valence-electron chi connectivity index (χ0n) is 13.6. The number of aryl methyl sites for hydroxylation is 2. The number of hydrogen-bond donors (Lipinski definition) is 1. The first-order valence-corrected chi connectivity index (χ1v) is 7.99. The van der Waals surface area contributed by atoms with E-state index in [9.17, 15) is 9.90 Å². The van der Waals surface area contributed by atoms with Crippen molar-refractivity contribution in [3.8, 4) is 0 Å². The van der Waals surface area contributed by atoms with Gasteiger partial charge in [0, 0.05) is 6.04 Å². The molecule has 21 heavy (non-hydrogen) atoms.